The Morgan fingerprint density at radius 2 is 1.83 bits per heavy atom. The molecule has 1 aliphatic rings. The summed E-state index contributed by atoms with van der Waals surface area (Å²) in [5.41, 5.74) is 5.01. The minimum atomic E-state index is -0.0420. The molecule has 0 radical (unpaired) electrons. The van der Waals surface area contributed by atoms with Crippen LogP contribution < -0.4 is 31.0 Å². The predicted octanol–water partition coefficient (Wildman–Crippen LogP) is 0.804. The first-order valence-corrected chi connectivity index (χ1v) is 11.5. The van der Waals surface area contributed by atoms with Crippen LogP contribution in [0.25, 0.3) is 0 Å². The molecule has 23 heavy (non-hydrogen) atoms. The second-order valence-electron chi connectivity index (χ2n) is 7.45. The van der Waals surface area contributed by atoms with E-state index in [1.165, 1.54) is 28.8 Å². The van der Waals surface area contributed by atoms with Crippen LogP contribution in [0, 0.1) is 20.8 Å². The van der Waals surface area contributed by atoms with Crippen molar-refractivity contribution in [3.63, 3.8) is 0 Å². The fourth-order valence-corrected chi connectivity index (χ4v) is 4.07. The van der Waals surface area contributed by atoms with Crippen molar-refractivity contribution < 1.29 is 33.6 Å². The fourth-order valence-electron chi connectivity index (χ4n) is 3.35. The van der Waals surface area contributed by atoms with Crippen molar-refractivity contribution in [1.29, 1.82) is 0 Å². The van der Waals surface area contributed by atoms with Crippen LogP contribution in [0.2, 0.25) is 0 Å². The molecule has 0 bridgehead atoms. The van der Waals surface area contributed by atoms with Crippen LogP contribution in [-0.2, 0) is 6.42 Å². The molecule has 1 heterocycles. The van der Waals surface area contributed by atoms with Gasteiger partial charge in [-0.25, -0.2) is 0 Å². The topological polar surface area (TPSA) is 18.5 Å². The number of nitrogens with zero attached hydrogens (tertiary/aromatic N) is 1. The van der Waals surface area contributed by atoms with Gasteiger partial charge < -0.3 is 0 Å². The number of ether oxygens (including phenoxy) is 2. The first-order chi connectivity index (χ1) is 10.6. The van der Waals surface area contributed by atoms with Crippen LogP contribution in [0.15, 0.2) is 0 Å². The van der Waals surface area contributed by atoms with Gasteiger partial charge >= 0.3 is 153 Å². The Morgan fingerprint density at radius 3 is 2.39 bits per heavy atom. The molecular weight excluding hydrogens is 401 g/mol. The van der Waals surface area contributed by atoms with Gasteiger partial charge in [-0.1, -0.05) is 0 Å². The van der Waals surface area contributed by atoms with Gasteiger partial charge in [0.1, 0.15) is 0 Å². The third-order valence-corrected chi connectivity index (χ3v) is 8.49. The average Bonchev–Trinajstić information content (AvgIpc) is 2.52. The predicted molar refractivity (Wildman–Crippen MR) is 92.1 cm³/mol. The van der Waals surface area contributed by atoms with Gasteiger partial charge in [-0.15, -0.1) is 0 Å². The van der Waals surface area contributed by atoms with Gasteiger partial charge in [-0.3, -0.25) is 0 Å². The third kappa shape index (κ3) is 3.78. The van der Waals surface area contributed by atoms with Gasteiger partial charge in [0.05, 0.1) is 0 Å². The summed E-state index contributed by atoms with van der Waals surface area (Å²) in [5.74, 6) is 2.15. The van der Waals surface area contributed by atoms with Gasteiger partial charge in [0.25, 0.3) is 0 Å². The summed E-state index contributed by atoms with van der Waals surface area (Å²) in [6.45, 7) is 9.95. The summed E-state index contributed by atoms with van der Waals surface area (Å²) in [4.78, 5) is 2.36. The van der Waals surface area contributed by atoms with Crippen LogP contribution in [0.4, 0.5) is 0 Å². The molecule has 2 rings (SSSR count). The van der Waals surface area contributed by atoms with E-state index < -0.39 is 0 Å². The Labute approximate surface area is 152 Å². The molecule has 1 unspecified atom stereocenters. The zero-order valence-electron chi connectivity index (χ0n) is 16.0. The quantitative estimate of drug-likeness (QED) is 0.389. The molecular formula is C19H32INO2. The molecule has 0 fully saturated rings. The van der Waals surface area contributed by atoms with E-state index in [0.717, 1.165) is 33.5 Å². The standard InChI is InChI=1S/C19H32INO2/c1-13-14(2)18-16(15(3)17(13)22-8)9-10-19(4,23-18)11-12-21(6,7)20-5/h9-12H2,1-8H3. The second kappa shape index (κ2) is 6.79. The number of methoxy groups -OCH3 is 1. The van der Waals surface area contributed by atoms with Crippen LogP contribution >= 0.6 is 0 Å². The number of hydrogen-bond acceptors (Lipinski definition) is 2. The van der Waals surface area contributed by atoms with Crippen molar-refractivity contribution in [2.24, 2.45) is 0 Å². The van der Waals surface area contributed by atoms with E-state index in [9.17, 15) is 0 Å². The third-order valence-electron chi connectivity index (χ3n) is 5.40. The fraction of sp³-hybridized carbons (Fsp3) is 0.684. The monoisotopic (exact) mass is 433 g/mol. The Hall–Kier alpha value is -0.490. The maximum atomic E-state index is 6.60. The Bertz CT molecular complexity index is 598. The number of quaternary nitrogens is 1. The van der Waals surface area contributed by atoms with E-state index in [1.807, 2.05) is 0 Å². The zero-order valence-corrected chi connectivity index (χ0v) is 18.1. The molecule has 0 N–H and O–H groups in total. The summed E-state index contributed by atoms with van der Waals surface area (Å²) in [6.07, 6.45) is 3.30. The first kappa shape index (κ1) is 18.8. The van der Waals surface area contributed by atoms with E-state index in [0.29, 0.717) is 0 Å². The van der Waals surface area contributed by atoms with Gasteiger partial charge in [0.15, 0.2) is 0 Å². The Balaban J connectivity index is 2.30. The second-order valence-corrected chi connectivity index (χ2v) is 11.0. The Morgan fingerprint density at radius 1 is 1.17 bits per heavy atom. The van der Waals surface area contributed by atoms with Gasteiger partial charge in [0.2, 0.25) is 0 Å². The number of benzene rings is 1. The molecule has 1 atom stereocenters. The molecule has 1 aliphatic heterocycles. The molecule has 0 spiro atoms. The van der Waals surface area contributed by atoms with Crippen molar-refractivity contribution in [3.8, 4) is 11.5 Å². The van der Waals surface area contributed by atoms with Crippen molar-refractivity contribution in [3.05, 3.63) is 22.3 Å². The van der Waals surface area contributed by atoms with Gasteiger partial charge in [-0.05, 0) is 0 Å². The van der Waals surface area contributed by atoms with Crippen molar-refractivity contribution in [2.45, 2.75) is 52.6 Å². The van der Waals surface area contributed by atoms with Crippen molar-refractivity contribution >= 4 is 0 Å². The molecule has 1 aromatic rings. The molecule has 0 saturated heterocycles. The normalized spacial score (nSPS) is 21.0. The SMILES string of the molecule is COc1c(C)c(C)c2c(c1C)CCC(C)(CC[N+](C)(C)[I-]C)O2. The van der Waals surface area contributed by atoms with Crippen LogP contribution in [-0.4, -0.2) is 41.0 Å². The maximum absolute atomic E-state index is 6.60. The van der Waals surface area contributed by atoms with E-state index in [2.05, 4.69) is 46.7 Å². The number of hydrogen-bond donors (Lipinski definition) is 0. The van der Waals surface area contributed by atoms with E-state index in [1.54, 1.807) is 7.11 Å². The summed E-state index contributed by atoms with van der Waals surface area (Å²) in [6, 6.07) is 0. The number of fused-ring (bicyclic) bond motifs is 1. The Kier molecular flexibility index (Phi) is 5.56. The molecule has 4 heteroatoms. The van der Waals surface area contributed by atoms with E-state index >= 15 is 0 Å². The van der Waals surface area contributed by atoms with Gasteiger partial charge in [0, 0.05) is 0 Å². The number of halogens is 1. The van der Waals surface area contributed by atoms with Crippen LogP contribution in [0.3, 0.4) is 0 Å². The molecule has 0 aromatic heterocycles. The van der Waals surface area contributed by atoms with E-state index in [4.69, 9.17) is 9.47 Å². The molecule has 0 amide bonds. The summed E-state index contributed by atoms with van der Waals surface area (Å²) in [5, 5.41) is 0. The average molecular weight is 433 g/mol. The molecule has 132 valence electrons. The van der Waals surface area contributed by atoms with Crippen LogP contribution in [0.5, 0.6) is 11.5 Å². The van der Waals surface area contributed by atoms with Gasteiger partial charge in [-0.2, -0.15) is 0 Å². The minimum absolute atomic E-state index is 0.0420. The first-order valence-electron chi connectivity index (χ1n) is 8.34. The number of alkyl halides is 1. The summed E-state index contributed by atoms with van der Waals surface area (Å²) < 4.78 is 13.4. The van der Waals surface area contributed by atoms with Crippen LogP contribution in [0.1, 0.15) is 42.0 Å². The van der Waals surface area contributed by atoms with E-state index in [-0.39, 0.29) is 27.1 Å². The van der Waals surface area contributed by atoms with Crippen molar-refractivity contribution in [2.75, 3.05) is 32.7 Å². The summed E-state index contributed by atoms with van der Waals surface area (Å²) >= 11 is 0.198. The van der Waals surface area contributed by atoms with Crippen molar-refractivity contribution in [1.82, 2.24) is 0 Å². The molecule has 0 aliphatic carbocycles. The molecule has 1 aromatic carbocycles. The zero-order chi connectivity index (χ0) is 17.4. The molecule has 0 saturated carbocycles. The summed E-state index contributed by atoms with van der Waals surface area (Å²) in [7, 11) is 6.46. The number of rotatable bonds is 5. The molecule has 3 nitrogen and oxygen atoms in total.